The fourth-order valence-electron chi connectivity index (χ4n) is 1.65. The molecule has 1 aromatic carbocycles. The summed E-state index contributed by atoms with van der Waals surface area (Å²) in [5.41, 5.74) is 0.687. The van der Waals surface area contributed by atoms with Gasteiger partial charge < -0.3 is 5.32 Å². The summed E-state index contributed by atoms with van der Waals surface area (Å²) in [6.07, 6.45) is 1.70. The van der Waals surface area contributed by atoms with Crippen LogP contribution in [-0.2, 0) is 0 Å². The molecule has 0 saturated heterocycles. The Morgan fingerprint density at radius 2 is 2.05 bits per heavy atom. The van der Waals surface area contributed by atoms with Crippen molar-refractivity contribution < 1.29 is 0 Å². The van der Waals surface area contributed by atoms with Crippen LogP contribution in [-0.4, -0.2) is 27.2 Å². The number of hydrogen-bond acceptors (Lipinski definition) is 5. The van der Waals surface area contributed by atoms with Gasteiger partial charge in [-0.3, -0.25) is 5.10 Å². The molecule has 0 saturated carbocycles. The third-order valence-corrected chi connectivity index (χ3v) is 4.34. The zero-order chi connectivity index (χ0) is 14.1. The van der Waals surface area contributed by atoms with Crippen LogP contribution in [0.2, 0.25) is 10.0 Å². The highest BCUT2D eigenvalue weighted by Gasteiger charge is 2.11. The molecule has 0 spiro atoms. The number of fused-ring (bicyclic) bond motifs is 1. The number of aromatic nitrogens is 4. The number of nitrogens with zero attached hydrogens (tertiary/aromatic N) is 3. The van der Waals surface area contributed by atoms with Gasteiger partial charge in [0.15, 0.2) is 5.65 Å². The Balaban J connectivity index is 2.04. The van der Waals surface area contributed by atoms with Crippen molar-refractivity contribution in [3.05, 3.63) is 34.4 Å². The first-order valence-electron chi connectivity index (χ1n) is 5.69. The number of H-pyrrole nitrogens is 1. The lowest BCUT2D eigenvalue weighted by Crippen LogP contribution is -1.97. The van der Waals surface area contributed by atoms with Gasteiger partial charge in [-0.25, -0.2) is 4.98 Å². The van der Waals surface area contributed by atoms with E-state index in [9.17, 15) is 0 Å². The summed E-state index contributed by atoms with van der Waals surface area (Å²) in [7, 11) is 1.77. The zero-order valence-corrected chi connectivity index (χ0v) is 12.6. The fraction of sp³-hybridized carbons (Fsp3) is 0.0833. The second-order valence-corrected chi connectivity index (χ2v) is 5.79. The summed E-state index contributed by atoms with van der Waals surface area (Å²) in [6.45, 7) is 0. The highest BCUT2D eigenvalue weighted by Crippen LogP contribution is 2.34. The first-order valence-corrected chi connectivity index (χ1v) is 7.26. The van der Waals surface area contributed by atoms with Gasteiger partial charge in [0.1, 0.15) is 5.03 Å². The molecular formula is C12H9Cl2N5S. The van der Waals surface area contributed by atoms with E-state index in [2.05, 4.69) is 25.5 Å². The highest BCUT2D eigenvalue weighted by atomic mass is 35.5. The molecule has 20 heavy (non-hydrogen) atoms. The van der Waals surface area contributed by atoms with Crippen LogP contribution in [0.1, 0.15) is 0 Å². The first kappa shape index (κ1) is 13.5. The summed E-state index contributed by atoms with van der Waals surface area (Å²) in [4.78, 5) is 9.68. The van der Waals surface area contributed by atoms with Crippen LogP contribution in [0.5, 0.6) is 0 Å². The normalized spacial score (nSPS) is 10.9. The molecule has 0 aliphatic heterocycles. The smallest absolute Gasteiger partial charge is 0.225 e. The number of aromatic amines is 1. The van der Waals surface area contributed by atoms with E-state index in [0.29, 0.717) is 21.6 Å². The Morgan fingerprint density at radius 1 is 1.20 bits per heavy atom. The lowest BCUT2D eigenvalue weighted by atomic mass is 10.4. The molecule has 0 atom stereocenters. The van der Waals surface area contributed by atoms with E-state index in [-0.39, 0.29) is 0 Å². The van der Waals surface area contributed by atoms with Crippen LogP contribution < -0.4 is 5.32 Å². The Hall–Kier alpha value is -1.50. The molecule has 0 radical (unpaired) electrons. The average Bonchev–Trinajstić information content (AvgIpc) is 2.91. The van der Waals surface area contributed by atoms with Crippen molar-refractivity contribution in [2.45, 2.75) is 9.92 Å². The maximum atomic E-state index is 6.03. The molecule has 8 heteroatoms. The Bertz CT molecular complexity index is 774. The van der Waals surface area contributed by atoms with Crippen molar-refractivity contribution >= 4 is 51.9 Å². The summed E-state index contributed by atoms with van der Waals surface area (Å²) >= 11 is 13.4. The van der Waals surface area contributed by atoms with Gasteiger partial charge in [0.05, 0.1) is 21.6 Å². The maximum Gasteiger partial charge on any atom is 0.225 e. The summed E-state index contributed by atoms with van der Waals surface area (Å²) < 4.78 is 0. The van der Waals surface area contributed by atoms with E-state index < -0.39 is 0 Å². The van der Waals surface area contributed by atoms with Gasteiger partial charge in [0.2, 0.25) is 5.95 Å². The minimum Gasteiger partial charge on any atom is -0.357 e. The van der Waals surface area contributed by atoms with E-state index >= 15 is 0 Å². The molecule has 0 fully saturated rings. The third-order valence-electron chi connectivity index (χ3n) is 2.60. The molecule has 0 amide bonds. The van der Waals surface area contributed by atoms with Crippen molar-refractivity contribution in [1.82, 2.24) is 20.2 Å². The highest BCUT2D eigenvalue weighted by molar-refractivity contribution is 7.99. The van der Waals surface area contributed by atoms with Crippen LogP contribution in [0, 0.1) is 0 Å². The van der Waals surface area contributed by atoms with Gasteiger partial charge in [-0.05, 0) is 18.2 Å². The van der Waals surface area contributed by atoms with E-state index in [1.54, 1.807) is 19.3 Å². The van der Waals surface area contributed by atoms with E-state index in [0.717, 1.165) is 15.3 Å². The van der Waals surface area contributed by atoms with Gasteiger partial charge in [0.25, 0.3) is 0 Å². The molecular weight excluding hydrogens is 317 g/mol. The number of anilines is 1. The monoisotopic (exact) mass is 325 g/mol. The number of rotatable bonds is 3. The van der Waals surface area contributed by atoms with E-state index in [1.165, 1.54) is 11.8 Å². The predicted molar refractivity (Wildman–Crippen MR) is 81.8 cm³/mol. The van der Waals surface area contributed by atoms with Crippen molar-refractivity contribution in [3.63, 3.8) is 0 Å². The minimum atomic E-state index is 0.517. The minimum absolute atomic E-state index is 0.517. The molecule has 0 aliphatic rings. The number of nitrogens with one attached hydrogen (secondary N) is 2. The number of benzene rings is 1. The van der Waals surface area contributed by atoms with Crippen molar-refractivity contribution in [2.75, 3.05) is 12.4 Å². The third kappa shape index (κ3) is 2.54. The number of hydrogen-bond donors (Lipinski definition) is 2. The van der Waals surface area contributed by atoms with Crippen LogP contribution >= 0.6 is 35.0 Å². The van der Waals surface area contributed by atoms with Crippen LogP contribution in [0.4, 0.5) is 5.95 Å². The van der Waals surface area contributed by atoms with Gasteiger partial charge in [-0.2, -0.15) is 10.1 Å². The molecule has 0 unspecified atom stereocenters. The van der Waals surface area contributed by atoms with Crippen LogP contribution in [0.3, 0.4) is 0 Å². The van der Waals surface area contributed by atoms with Crippen molar-refractivity contribution in [1.29, 1.82) is 0 Å². The Morgan fingerprint density at radius 3 is 2.80 bits per heavy atom. The lowest BCUT2D eigenvalue weighted by Gasteiger charge is -2.05. The molecule has 0 bridgehead atoms. The Labute approximate surface area is 129 Å². The molecule has 3 rings (SSSR count). The molecule has 2 N–H and O–H groups in total. The molecule has 102 valence electrons. The van der Waals surface area contributed by atoms with Crippen LogP contribution in [0.15, 0.2) is 34.3 Å². The fourth-order valence-corrected chi connectivity index (χ4v) is 2.94. The van der Waals surface area contributed by atoms with Gasteiger partial charge in [-0.1, -0.05) is 35.0 Å². The van der Waals surface area contributed by atoms with E-state index in [4.69, 9.17) is 23.2 Å². The first-order chi connectivity index (χ1) is 9.67. The van der Waals surface area contributed by atoms with Crippen molar-refractivity contribution in [3.8, 4) is 0 Å². The average molecular weight is 326 g/mol. The van der Waals surface area contributed by atoms with Crippen molar-refractivity contribution in [2.24, 2.45) is 0 Å². The lowest BCUT2D eigenvalue weighted by molar-refractivity contribution is 1.06. The molecule has 0 aliphatic carbocycles. The maximum absolute atomic E-state index is 6.03. The standard InChI is InChI=1S/C12H9Cl2N5S/c1-15-12-17-10-7(5-16-19-10)11(18-12)20-6-2-3-8(13)9(14)4-6/h2-5H,1H3,(H2,15,16,17,18,19). The molecule has 2 heterocycles. The van der Waals surface area contributed by atoms with Gasteiger partial charge in [-0.15, -0.1) is 0 Å². The molecule has 3 aromatic rings. The van der Waals surface area contributed by atoms with E-state index in [1.807, 2.05) is 12.1 Å². The zero-order valence-electron chi connectivity index (χ0n) is 10.3. The molecule has 2 aromatic heterocycles. The SMILES string of the molecule is CNc1nc(Sc2ccc(Cl)c(Cl)c2)c2cn[nH]c2n1. The molecule has 5 nitrogen and oxygen atoms in total. The topological polar surface area (TPSA) is 66.5 Å². The summed E-state index contributed by atoms with van der Waals surface area (Å²) in [6, 6.07) is 5.46. The summed E-state index contributed by atoms with van der Waals surface area (Å²) in [5.74, 6) is 0.532. The second kappa shape index (κ2) is 5.47. The number of halogens is 2. The second-order valence-electron chi connectivity index (χ2n) is 3.91. The largest absolute Gasteiger partial charge is 0.357 e. The van der Waals surface area contributed by atoms with Gasteiger partial charge >= 0.3 is 0 Å². The quantitative estimate of drug-likeness (QED) is 0.716. The predicted octanol–water partition coefficient (Wildman–Crippen LogP) is 3.85. The Kier molecular flexibility index (Phi) is 3.69. The van der Waals surface area contributed by atoms with Crippen LogP contribution in [0.25, 0.3) is 11.0 Å². The van der Waals surface area contributed by atoms with Gasteiger partial charge in [0, 0.05) is 11.9 Å². The summed E-state index contributed by atoms with van der Waals surface area (Å²) in [5, 5.41) is 12.5.